The first-order valence-corrected chi connectivity index (χ1v) is 8.75. The molecule has 0 heterocycles. The van der Waals surface area contributed by atoms with E-state index in [4.69, 9.17) is 5.73 Å². The first-order chi connectivity index (χ1) is 9.29. The van der Waals surface area contributed by atoms with Gasteiger partial charge in [0.05, 0.1) is 16.3 Å². The van der Waals surface area contributed by atoms with Crippen molar-refractivity contribution in [3.8, 4) is 0 Å². The molecule has 0 spiro atoms. The van der Waals surface area contributed by atoms with Crippen LogP contribution < -0.4 is 5.73 Å². The average Bonchev–Trinajstić information content (AvgIpc) is 2.32. The van der Waals surface area contributed by atoms with Crippen LogP contribution in [0, 0.1) is 5.82 Å². The van der Waals surface area contributed by atoms with Gasteiger partial charge in [0.25, 0.3) is 0 Å². The van der Waals surface area contributed by atoms with Crippen molar-refractivity contribution < 1.29 is 12.8 Å². The van der Waals surface area contributed by atoms with Crippen molar-refractivity contribution in [2.45, 2.75) is 10.6 Å². The summed E-state index contributed by atoms with van der Waals surface area (Å²) in [5.41, 5.74) is 6.40. The van der Waals surface area contributed by atoms with Crippen LogP contribution in [-0.4, -0.2) is 8.42 Å². The Hall–Kier alpha value is -0.920. The molecule has 0 bridgehead atoms. The van der Waals surface area contributed by atoms with Gasteiger partial charge in [-0.1, -0.05) is 37.9 Å². The summed E-state index contributed by atoms with van der Waals surface area (Å²) in [6.45, 7) is 0. The second-order valence-corrected chi connectivity index (χ2v) is 7.90. The number of sulfone groups is 1. The first-order valence-electron chi connectivity index (χ1n) is 5.51. The summed E-state index contributed by atoms with van der Waals surface area (Å²) in [6.07, 6.45) is 0. The minimum Gasteiger partial charge on any atom is -0.398 e. The third-order valence-electron chi connectivity index (χ3n) is 2.67. The van der Waals surface area contributed by atoms with Gasteiger partial charge in [-0.15, -0.1) is 0 Å². The summed E-state index contributed by atoms with van der Waals surface area (Å²) in [5, 5.41) is 0. The Bertz CT molecular complexity index is 763. The van der Waals surface area contributed by atoms with E-state index in [9.17, 15) is 12.8 Å². The SMILES string of the molecule is Nc1cc(Br)ccc1S(=O)(=O)Cc1ccc(F)cc1Br. The summed E-state index contributed by atoms with van der Waals surface area (Å²) >= 11 is 6.38. The van der Waals surface area contributed by atoms with Gasteiger partial charge in [-0.2, -0.15) is 0 Å². The maximum absolute atomic E-state index is 13.0. The van der Waals surface area contributed by atoms with E-state index in [0.717, 1.165) is 0 Å². The summed E-state index contributed by atoms with van der Waals surface area (Å²) in [6, 6.07) is 8.49. The molecule has 7 heteroatoms. The average molecular weight is 423 g/mol. The highest BCUT2D eigenvalue weighted by atomic mass is 79.9. The zero-order valence-corrected chi connectivity index (χ0v) is 14.1. The first kappa shape index (κ1) is 15.5. The zero-order valence-electron chi connectivity index (χ0n) is 10.1. The van der Waals surface area contributed by atoms with E-state index >= 15 is 0 Å². The molecule has 0 aliphatic carbocycles. The lowest BCUT2D eigenvalue weighted by molar-refractivity contribution is 0.595. The van der Waals surface area contributed by atoms with Gasteiger partial charge in [0.1, 0.15) is 5.82 Å². The minimum absolute atomic E-state index is 0.0666. The van der Waals surface area contributed by atoms with Gasteiger partial charge in [-0.25, -0.2) is 12.8 Å². The summed E-state index contributed by atoms with van der Waals surface area (Å²) in [5.74, 6) is -0.680. The van der Waals surface area contributed by atoms with Crippen molar-refractivity contribution in [1.29, 1.82) is 0 Å². The fourth-order valence-electron chi connectivity index (χ4n) is 1.72. The molecule has 2 aromatic carbocycles. The molecule has 0 aliphatic rings. The van der Waals surface area contributed by atoms with Gasteiger partial charge in [0.2, 0.25) is 0 Å². The Balaban J connectivity index is 2.41. The van der Waals surface area contributed by atoms with Crippen LogP contribution >= 0.6 is 31.9 Å². The van der Waals surface area contributed by atoms with E-state index in [2.05, 4.69) is 31.9 Å². The molecule has 0 amide bonds. The summed E-state index contributed by atoms with van der Waals surface area (Å²) in [7, 11) is -3.59. The molecule has 0 saturated carbocycles. The maximum atomic E-state index is 13.0. The number of benzene rings is 2. The van der Waals surface area contributed by atoms with Gasteiger partial charge in [0.15, 0.2) is 9.84 Å². The number of hydrogen-bond donors (Lipinski definition) is 1. The van der Waals surface area contributed by atoms with Crippen LogP contribution in [0.5, 0.6) is 0 Å². The molecule has 0 radical (unpaired) electrons. The second kappa shape index (κ2) is 5.83. The Morgan fingerprint density at radius 1 is 1.10 bits per heavy atom. The zero-order chi connectivity index (χ0) is 14.9. The van der Waals surface area contributed by atoms with Crippen molar-refractivity contribution in [3.05, 3.63) is 56.7 Å². The molecular weight excluding hydrogens is 413 g/mol. The lowest BCUT2D eigenvalue weighted by Crippen LogP contribution is -2.08. The van der Waals surface area contributed by atoms with Gasteiger partial charge in [-0.05, 0) is 35.9 Å². The largest absolute Gasteiger partial charge is 0.398 e. The maximum Gasteiger partial charge on any atom is 0.184 e. The molecule has 106 valence electrons. The Kier molecular flexibility index (Phi) is 4.51. The van der Waals surface area contributed by atoms with Crippen molar-refractivity contribution in [1.82, 2.24) is 0 Å². The normalized spacial score (nSPS) is 11.6. The van der Waals surface area contributed by atoms with Gasteiger partial charge < -0.3 is 5.73 Å². The van der Waals surface area contributed by atoms with E-state index in [1.54, 1.807) is 6.07 Å². The highest BCUT2D eigenvalue weighted by Gasteiger charge is 2.20. The number of anilines is 1. The number of nitrogen functional groups attached to an aromatic ring is 1. The number of rotatable bonds is 3. The molecule has 2 N–H and O–H groups in total. The van der Waals surface area contributed by atoms with Gasteiger partial charge >= 0.3 is 0 Å². The minimum atomic E-state index is -3.59. The highest BCUT2D eigenvalue weighted by Crippen LogP contribution is 2.28. The van der Waals surface area contributed by atoms with Crippen LogP contribution in [-0.2, 0) is 15.6 Å². The van der Waals surface area contributed by atoms with Crippen LogP contribution in [0.3, 0.4) is 0 Å². The smallest absolute Gasteiger partial charge is 0.184 e. The van der Waals surface area contributed by atoms with Crippen LogP contribution in [0.4, 0.5) is 10.1 Å². The van der Waals surface area contributed by atoms with E-state index in [0.29, 0.717) is 14.5 Å². The van der Waals surface area contributed by atoms with E-state index in [1.165, 1.54) is 30.3 Å². The Morgan fingerprint density at radius 3 is 2.40 bits per heavy atom. The predicted octanol–water partition coefficient (Wildman–Crippen LogP) is 3.91. The standard InChI is InChI=1S/C13H10Br2FNO2S/c14-9-2-4-13(12(17)5-9)20(18,19)7-8-1-3-10(16)6-11(8)15/h1-6H,7,17H2. The number of halogens is 3. The molecule has 0 atom stereocenters. The Morgan fingerprint density at radius 2 is 1.80 bits per heavy atom. The second-order valence-electron chi connectivity index (χ2n) is 4.18. The fourth-order valence-corrected chi connectivity index (χ4v) is 4.29. The van der Waals surface area contributed by atoms with Crippen LogP contribution in [0.15, 0.2) is 50.2 Å². The van der Waals surface area contributed by atoms with Crippen molar-refractivity contribution in [2.24, 2.45) is 0 Å². The molecule has 2 rings (SSSR count). The third-order valence-corrected chi connectivity index (χ3v) is 5.63. The topological polar surface area (TPSA) is 60.2 Å². The van der Waals surface area contributed by atoms with Crippen molar-refractivity contribution >= 4 is 47.4 Å². The van der Waals surface area contributed by atoms with E-state index in [1.807, 2.05) is 0 Å². The molecular formula is C13H10Br2FNO2S. The lowest BCUT2D eigenvalue weighted by Gasteiger charge is -2.09. The van der Waals surface area contributed by atoms with Crippen LogP contribution in [0.2, 0.25) is 0 Å². The third kappa shape index (κ3) is 3.39. The van der Waals surface area contributed by atoms with Crippen molar-refractivity contribution in [2.75, 3.05) is 5.73 Å². The lowest BCUT2D eigenvalue weighted by atomic mass is 10.2. The Labute approximate surface area is 133 Å². The molecule has 2 aromatic rings. The van der Waals surface area contributed by atoms with Gasteiger partial charge in [-0.3, -0.25) is 0 Å². The summed E-state index contributed by atoms with van der Waals surface area (Å²) in [4.78, 5) is 0.0666. The summed E-state index contributed by atoms with van der Waals surface area (Å²) < 4.78 is 38.8. The molecule has 0 unspecified atom stereocenters. The molecule has 0 aromatic heterocycles. The van der Waals surface area contributed by atoms with Crippen LogP contribution in [0.1, 0.15) is 5.56 Å². The fraction of sp³-hybridized carbons (Fsp3) is 0.0769. The van der Waals surface area contributed by atoms with E-state index in [-0.39, 0.29) is 16.3 Å². The highest BCUT2D eigenvalue weighted by molar-refractivity contribution is 9.10. The quantitative estimate of drug-likeness (QED) is 0.763. The van der Waals surface area contributed by atoms with E-state index < -0.39 is 15.7 Å². The molecule has 0 aliphatic heterocycles. The van der Waals surface area contributed by atoms with Crippen LogP contribution in [0.25, 0.3) is 0 Å². The molecule has 0 fully saturated rings. The number of nitrogens with two attached hydrogens (primary N) is 1. The van der Waals surface area contributed by atoms with Gasteiger partial charge in [0, 0.05) is 8.95 Å². The molecule has 0 saturated heterocycles. The molecule has 20 heavy (non-hydrogen) atoms. The predicted molar refractivity (Wildman–Crippen MR) is 83.5 cm³/mol. The van der Waals surface area contributed by atoms with Crippen molar-refractivity contribution in [3.63, 3.8) is 0 Å². The monoisotopic (exact) mass is 421 g/mol. The molecule has 3 nitrogen and oxygen atoms in total. The number of hydrogen-bond acceptors (Lipinski definition) is 3.